The van der Waals surface area contributed by atoms with Gasteiger partial charge in [-0.25, -0.2) is 0 Å². The zero-order chi connectivity index (χ0) is 10.6. The molecule has 0 radical (unpaired) electrons. The molecule has 0 heterocycles. The molecule has 1 rings (SSSR count). The van der Waals surface area contributed by atoms with Crippen molar-refractivity contribution in [3.05, 3.63) is 28.2 Å². The molecule has 0 spiro atoms. The van der Waals surface area contributed by atoms with Crippen LogP contribution in [0.25, 0.3) is 0 Å². The predicted molar refractivity (Wildman–Crippen MR) is 65.5 cm³/mol. The first kappa shape index (κ1) is 12.2. The van der Waals surface area contributed by atoms with Crippen LogP contribution in [-0.4, -0.2) is 11.8 Å². The Hall–Kier alpha value is 0.110. The van der Waals surface area contributed by atoms with Crippen molar-refractivity contribution < 1.29 is 0 Å². The summed E-state index contributed by atoms with van der Waals surface area (Å²) in [5.41, 5.74) is 5.62. The normalized spacial score (nSPS) is 12.9. The van der Waals surface area contributed by atoms with E-state index in [1.165, 1.54) is 0 Å². The SMILES string of the molecule is CCC(CN)Sc1cc(Cl)ccc1Cl. The van der Waals surface area contributed by atoms with Crippen molar-refractivity contribution >= 4 is 35.0 Å². The Morgan fingerprint density at radius 1 is 1.43 bits per heavy atom. The summed E-state index contributed by atoms with van der Waals surface area (Å²) in [4.78, 5) is 1.01. The summed E-state index contributed by atoms with van der Waals surface area (Å²) < 4.78 is 0. The fourth-order valence-electron chi connectivity index (χ4n) is 1.05. The van der Waals surface area contributed by atoms with Crippen LogP contribution in [0.2, 0.25) is 10.0 Å². The number of halogens is 2. The zero-order valence-electron chi connectivity index (χ0n) is 7.97. The lowest BCUT2D eigenvalue weighted by molar-refractivity contribution is 0.827. The van der Waals surface area contributed by atoms with Crippen LogP contribution in [0.4, 0.5) is 0 Å². The van der Waals surface area contributed by atoms with Gasteiger partial charge in [-0.05, 0) is 24.6 Å². The first-order valence-corrected chi connectivity index (χ1v) is 6.12. The maximum atomic E-state index is 6.03. The molecule has 14 heavy (non-hydrogen) atoms. The minimum Gasteiger partial charge on any atom is -0.329 e. The van der Waals surface area contributed by atoms with Crippen LogP contribution in [0, 0.1) is 0 Å². The maximum absolute atomic E-state index is 6.03. The van der Waals surface area contributed by atoms with Crippen LogP contribution < -0.4 is 5.73 Å². The number of thioether (sulfide) groups is 1. The lowest BCUT2D eigenvalue weighted by Crippen LogP contribution is -2.15. The van der Waals surface area contributed by atoms with Gasteiger partial charge in [0.15, 0.2) is 0 Å². The van der Waals surface area contributed by atoms with E-state index in [9.17, 15) is 0 Å². The third-order valence-corrected chi connectivity index (χ3v) is 4.03. The summed E-state index contributed by atoms with van der Waals surface area (Å²) in [5, 5.41) is 1.86. The van der Waals surface area contributed by atoms with Gasteiger partial charge in [-0.1, -0.05) is 30.1 Å². The second-order valence-electron chi connectivity index (χ2n) is 2.96. The van der Waals surface area contributed by atoms with Gasteiger partial charge >= 0.3 is 0 Å². The van der Waals surface area contributed by atoms with Gasteiger partial charge in [-0.15, -0.1) is 11.8 Å². The molecular formula is C10H13Cl2NS. The quantitative estimate of drug-likeness (QED) is 0.822. The highest BCUT2D eigenvalue weighted by Gasteiger charge is 2.09. The van der Waals surface area contributed by atoms with E-state index in [1.807, 2.05) is 12.1 Å². The monoisotopic (exact) mass is 249 g/mol. The smallest absolute Gasteiger partial charge is 0.0543 e. The van der Waals surface area contributed by atoms with Gasteiger partial charge in [-0.2, -0.15) is 0 Å². The largest absolute Gasteiger partial charge is 0.329 e. The zero-order valence-corrected chi connectivity index (χ0v) is 10.3. The van der Waals surface area contributed by atoms with Gasteiger partial charge < -0.3 is 5.73 Å². The summed E-state index contributed by atoms with van der Waals surface area (Å²) in [7, 11) is 0. The molecule has 4 heteroatoms. The second-order valence-corrected chi connectivity index (χ2v) is 5.14. The van der Waals surface area contributed by atoms with E-state index in [2.05, 4.69) is 6.92 Å². The van der Waals surface area contributed by atoms with E-state index in [0.717, 1.165) is 16.3 Å². The summed E-state index contributed by atoms with van der Waals surface area (Å²) in [6, 6.07) is 5.49. The minimum atomic E-state index is 0.408. The molecule has 78 valence electrons. The van der Waals surface area contributed by atoms with E-state index in [1.54, 1.807) is 17.8 Å². The number of hydrogen-bond donors (Lipinski definition) is 1. The van der Waals surface area contributed by atoms with E-state index in [4.69, 9.17) is 28.9 Å². The topological polar surface area (TPSA) is 26.0 Å². The third kappa shape index (κ3) is 3.35. The fraction of sp³-hybridized carbons (Fsp3) is 0.400. The van der Waals surface area contributed by atoms with E-state index in [-0.39, 0.29) is 0 Å². The van der Waals surface area contributed by atoms with Crippen molar-refractivity contribution in [2.24, 2.45) is 5.73 Å². The molecule has 1 aromatic carbocycles. The highest BCUT2D eigenvalue weighted by molar-refractivity contribution is 8.00. The maximum Gasteiger partial charge on any atom is 0.0543 e. The van der Waals surface area contributed by atoms with Crippen LogP contribution in [0.5, 0.6) is 0 Å². The molecule has 0 aromatic heterocycles. The van der Waals surface area contributed by atoms with Gasteiger partial charge in [0.25, 0.3) is 0 Å². The average molecular weight is 250 g/mol. The van der Waals surface area contributed by atoms with Gasteiger partial charge in [-0.3, -0.25) is 0 Å². The molecule has 0 aliphatic heterocycles. The standard InChI is InChI=1S/C10H13Cl2NS/c1-2-8(6-13)14-10-5-7(11)3-4-9(10)12/h3-5,8H,2,6,13H2,1H3. The van der Waals surface area contributed by atoms with Gasteiger partial charge in [0.1, 0.15) is 0 Å². The summed E-state index contributed by atoms with van der Waals surface area (Å²) in [5.74, 6) is 0. The van der Waals surface area contributed by atoms with Crippen molar-refractivity contribution in [1.29, 1.82) is 0 Å². The molecule has 1 aromatic rings. The van der Waals surface area contributed by atoms with Crippen LogP contribution in [0.3, 0.4) is 0 Å². The molecule has 2 N–H and O–H groups in total. The van der Waals surface area contributed by atoms with Crippen molar-refractivity contribution in [1.82, 2.24) is 0 Å². The molecule has 0 amide bonds. The summed E-state index contributed by atoms with van der Waals surface area (Å²) in [6.07, 6.45) is 1.03. The van der Waals surface area contributed by atoms with Crippen LogP contribution in [-0.2, 0) is 0 Å². The van der Waals surface area contributed by atoms with E-state index < -0.39 is 0 Å². The summed E-state index contributed by atoms with van der Waals surface area (Å²) in [6.45, 7) is 2.77. The van der Waals surface area contributed by atoms with Gasteiger partial charge in [0, 0.05) is 21.7 Å². The average Bonchev–Trinajstić information content (AvgIpc) is 2.19. The molecule has 1 atom stereocenters. The Balaban J connectivity index is 2.79. The Morgan fingerprint density at radius 3 is 2.71 bits per heavy atom. The van der Waals surface area contributed by atoms with Crippen LogP contribution >= 0.6 is 35.0 Å². The molecule has 0 saturated carbocycles. The van der Waals surface area contributed by atoms with Crippen molar-refractivity contribution in [2.75, 3.05) is 6.54 Å². The molecule has 0 fully saturated rings. The molecule has 1 nitrogen and oxygen atoms in total. The molecule has 0 bridgehead atoms. The Kier molecular flexibility index (Phi) is 5.10. The molecule has 0 aliphatic rings. The lowest BCUT2D eigenvalue weighted by Gasteiger charge is -2.12. The number of benzene rings is 1. The Bertz CT molecular complexity index is 300. The molecular weight excluding hydrogens is 237 g/mol. The Morgan fingerprint density at radius 2 is 2.14 bits per heavy atom. The van der Waals surface area contributed by atoms with Crippen LogP contribution in [0.1, 0.15) is 13.3 Å². The van der Waals surface area contributed by atoms with Crippen molar-refractivity contribution in [3.8, 4) is 0 Å². The molecule has 0 aliphatic carbocycles. The van der Waals surface area contributed by atoms with Crippen molar-refractivity contribution in [3.63, 3.8) is 0 Å². The number of rotatable bonds is 4. The van der Waals surface area contributed by atoms with E-state index >= 15 is 0 Å². The Labute approximate surface area is 99.0 Å². The highest BCUT2D eigenvalue weighted by Crippen LogP contribution is 2.33. The number of nitrogens with two attached hydrogens (primary N) is 1. The predicted octanol–water partition coefficient (Wildman–Crippen LogP) is 3.82. The first-order chi connectivity index (χ1) is 6.67. The minimum absolute atomic E-state index is 0.408. The number of hydrogen-bond acceptors (Lipinski definition) is 2. The van der Waals surface area contributed by atoms with Gasteiger partial charge in [0.2, 0.25) is 0 Å². The highest BCUT2D eigenvalue weighted by atomic mass is 35.5. The lowest BCUT2D eigenvalue weighted by atomic mass is 10.3. The van der Waals surface area contributed by atoms with Crippen molar-refractivity contribution in [2.45, 2.75) is 23.5 Å². The summed E-state index contributed by atoms with van der Waals surface area (Å²) >= 11 is 13.6. The third-order valence-electron chi connectivity index (χ3n) is 1.91. The van der Waals surface area contributed by atoms with Crippen LogP contribution in [0.15, 0.2) is 23.1 Å². The van der Waals surface area contributed by atoms with E-state index in [0.29, 0.717) is 16.8 Å². The first-order valence-electron chi connectivity index (χ1n) is 4.49. The fourth-order valence-corrected chi connectivity index (χ4v) is 2.53. The second kappa shape index (κ2) is 5.86. The van der Waals surface area contributed by atoms with Gasteiger partial charge in [0.05, 0.1) is 5.02 Å². The molecule has 0 saturated heterocycles. The molecule has 1 unspecified atom stereocenters.